The summed E-state index contributed by atoms with van der Waals surface area (Å²) in [5.74, 6) is -0.488. The van der Waals surface area contributed by atoms with Crippen molar-refractivity contribution in [3.8, 4) is 17.1 Å². The van der Waals surface area contributed by atoms with Crippen molar-refractivity contribution in [2.45, 2.75) is 24.8 Å². The molecule has 1 amide bonds. The number of hydrogen-bond donors (Lipinski definition) is 2. The summed E-state index contributed by atoms with van der Waals surface area (Å²) in [5.41, 5.74) is 4.07. The van der Waals surface area contributed by atoms with Gasteiger partial charge in [0.2, 0.25) is 11.8 Å². The maximum absolute atomic E-state index is 13.2. The van der Waals surface area contributed by atoms with Gasteiger partial charge in [-0.1, -0.05) is 54.1 Å². The van der Waals surface area contributed by atoms with Crippen molar-refractivity contribution in [3.63, 3.8) is 0 Å². The third-order valence-electron chi connectivity index (χ3n) is 6.04. The number of carbonyl (C=O) groups excluding carboxylic acids is 1. The van der Waals surface area contributed by atoms with Crippen molar-refractivity contribution in [1.29, 1.82) is 0 Å². The largest absolute Gasteiger partial charge is 0.467 e. The Kier molecular flexibility index (Phi) is 6.57. The van der Waals surface area contributed by atoms with Crippen LogP contribution in [-0.4, -0.2) is 30.8 Å². The summed E-state index contributed by atoms with van der Waals surface area (Å²) in [4.78, 5) is 21.7. The summed E-state index contributed by atoms with van der Waals surface area (Å²) in [6.45, 7) is 3.96. The van der Waals surface area contributed by atoms with E-state index >= 15 is 0 Å². The number of aryl methyl sites for hydroxylation is 2. The number of aromatic nitrogens is 2. The number of nitrogens with zero attached hydrogens (tertiary/aromatic N) is 2. The Morgan fingerprint density at radius 3 is 2.43 bits per heavy atom. The predicted molar refractivity (Wildman–Crippen MR) is 141 cm³/mol. The van der Waals surface area contributed by atoms with E-state index in [2.05, 4.69) is 20.0 Å². The fourth-order valence-corrected chi connectivity index (χ4v) is 5.49. The molecule has 3 aromatic carbocycles. The van der Waals surface area contributed by atoms with Crippen LogP contribution in [0.3, 0.4) is 0 Å². The van der Waals surface area contributed by atoms with Crippen molar-refractivity contribution in [1.82, 2.24) is 15.3 Å². The van der Waals surface area contributed by atoms with Crippen LogP contribution in [0.1, 0.15) is 33.2 Å². The van der Waals surface area contributed by atoms with Crippen LogP contribution in [0.4, 0.5) is 5.95 Å². The molecule has 10 heteroatoms. The van der Waals surface area contributed by atoms with E-state index in [1.165, 1.54) is 24.3 Å². The van der Waals surface area contributed by atoms with Gasteiger partial charge >= 0.3 is 0 Å². The second kappa shape index (κ2) is 9.84. The Morgan fingerprint density at radius 2 is 1.68 bits per heavy atom. The highest BCUT2D eigenvalue weighted by atomic mass is 35.5. The number of nitrogens with one attached hydrogen (secondary N) is 2. The molecule has 2 heterocycles. The van der Waals surface area contributed by atoms with E-state index in [0.717, 1.165) is 16.7 Å². The van der Waals surface area contributed by atoms with Gasteiger partial charge in [0.15, 0.2) is 0 Å². The number of benzene rings is 3. The van der Waals surface area contributed by atoms with E-state index in [9.17, 15) is 13.2 Å². The summed E-state index contributed by atoms with van der Waals surface area (Å²) < 4.78 is 35.1. The summed E-state index contributed by atoms with van der Waals surface area (Å²) >= 11 is 6.47. The van der Waals surface area contributed by atoms with Crippen LogP contribution in [-0.2, 0) is 10.0 Å². The molecule has 4 bridgehead atoms. The molecular formula is C27H23ClN4O4S. The van der Waals surface area contributed by atoms with E-state index in [0.29, 0.717) is 16.3 Å². The number of hydrogen-bond acceptors (Lipinski definition) is 6. The van der Waals surface area contributed by atoms with Gasteiger partial charge < -0.3 is 10.1 Å². The minimum Gasteiger partial charge on any atom is -0.467 e. The van der Waals surface area contributed by atoms with Gasteiger partial charge in [-0.2, -0.15) is 4.98 Å². The van der Waals surface area contributed by atoms with E-state index in [1.54, 1.807) is 24.3 Å². The zero-order valence-electron chi connectivity index (χ0n) is 20.0. The molecule has 1 aliphatic rings. The normalized spacial score (nSPS) is 16.7. The molecule has 0 saturated heterocycles. The highest BCUT2D eigenvalue weighted by Gasteiger charge is 2.24. The van der Waals surface area contributed by atoms with Gasteiger partial charge in [-0.15, -0.1) is 0 Å². The van der Waals surface area contributed by atoms with Gasteiger partial charge in [0, 0.05) is 27.8 Å². The van der Waals surface area contributed by atoms with Crippen molar-refractivity contribution >= 4 is 33.5 Å². The molecule has 1 aliphatic heterocycles. The predicted octanol–water partition coefficient (Wildman–Crippen LogP) is 5.08. The molecule has 8 nitrogen and oxygen atoms in total. The number of fused-ring (bicyclic) bond motifs is 4. The quantitative estimate of drug-likeness (QED) is 0.371. The summed E-state index contributed by atoms with van der Waals surface area (Å²) in [5, 5.41) is 3.28. The fourth-order valence-electron chi connectivity index (χ4n) is 4.25. The molecule has 188 valence electrons. The highest BCUT2D eigenvalue weighted by molar-refractivity contribution is 7.92. The Hall–Kier alpha value is -3.95. The molecule has 1 atom stereocenters. The first-order valence-corrected chi connectivity index (χ1v) is 13.4. The van der Waals surface area contributed by atoms with Crippen LogP contribution >= 0.6 is 11.6 Å². The van der Waals surface area contributed by atoms with Crippen molar-refractivity contribution in [2.75, 3.05) is 11.3 Å². The summed E-state index contributed by atoms with van der Waals surface area (Å²) in [6.07, 6.45) is -0.716. The fraction of sp³-hybridized carbons (Fsp3) is 0.148. The molecule has 4 aromatic rings. The first-order valence-electron chi connectivity index (χ1n) is 11.5. The molecule has 0 spiro atoms. The number of anilines is 1. The standard InChI is InChI=1S/C27H23ClN4O4S/c1-16-7-5-8-17(2)25(16)22-14-24-31-27(30-22)32-37(34,35)19-10-6-9-18(13-19)26(33)29-15-23(36-24)20-11-3-4-12-21(20)28/h3-14,23H,15H2,1-2H3,(H,29,33)(H,30,31,32). The van der Waals surface area contributed by atoms with Gasteiger partial charge in [0.25, 0.3) is 15.9 Å². The average molecular weight is 535 g/mol. The molecule has 37 heavy (non-hydrogen) atoms. The number of rotatable bonds is 2. The number of amides is 1. The average Bonchev–Trinajstić information content (AvgIpc) is 2.86. The molecular weight excluding hydrogens is 512 g/mol. The maximum Gasteiger partial charge on any atom is 0.264 e. The van der Waals surface area contributed by atoms with Crippen LogP contribution in [0, 0.1) is 13.8 Å². The zero-order chi connectivity index (χ0) is 26.2. The lowest BCUT2D eigenvalue weighted by Gasteiger charge is -2.21. The SMILES string of the molecule is Cc1cccc(C)c1-c1cc2nc(n1)NS(=O)(=O)c1cccc(c1)C(=O)NCC(c1ccccc1Cl)O2. The first kappa shape index (κ1) is 24.7. The number of halogens is 1. The monoisotopic (exact) mass is 534 g/mol. The lowest BCUT2D eigenvalue weighted by molar-refractivity contribution is 0.0925. The van der Waals surface area contributed by atoms with Crippen molar-refractivity contribution in [2.24, 2.45) is 0 Å². The number of sulfonamides is 1. The van der Waals surface area contributed by atoms with E-state index in [1.807, 2.05) is 38.1 Å². The summed E-state index contributed by atoms with van der Waals surface area (Å²) in [7, 11) is -4.11. The first-order chi connectivity index (χ1) is 17.7. The minimum atomic E-state index is -4.11. The molecule has 1 unspecified atom stereocenters. The van der Waals surface area contributed by atoms with Crippen LogP contribution in [0.15, 0.2) is 77.7 Å². The third kappa shape index (κ3) is 5.14. The smallest absolute Gasteiger partial charge is 0.264 e. The molecule has 0 radical (unpaired) electrons. The van der Waals surface area contributed by atoms with Gasteiger partial charge in [-0.05, 0) is 49.2 Å². The Bertz CT molecular complexity index is 1600. The Morgan fingerprint density at radius 1 is 0.946 bits per heavy atom. The minimum absolute atomic E-state index is 0.0606. The van der Waals surface area contributed by atoms with Crippen molar-refractivity contribution < 1.29 is 17.9 Å². The molecule has 5 rings (SSSR count). The molecule has 0 saturated carbocycles. The van der Waals surface area contributed by atoms with Crippen LogP contribution in [0.25, 0.3) is 11.3 Å². The van der Waals surface area contributed by atoms with Crippen molar-refractivity contribution in [3.05, 3.63) is 100 Å². The Labute approximate surface area is 219 Å². The molecule has 1 aromatic heterocycles. The van der Waals surface area contributed by atoms with E-state index in [-0.39, 0.29) is 28.8 Å². The molecule has 0 fully saturated rings. The van der Waals surface area contributed by atoms with Crippen LogP contribution in [0.2, 0.25) is 5.02 Å². The second-order valence-corrected chi connectivity index (χ2v) is 10.7. The lowest BCUT2D eigenvalue weighted by atomic mass is 10.00. The number of ether oxygens (including phenoxy) is 1. The Balaban J connectivity index is 1.70. The molecule has 2 N–H and O–H groups in total. The van der Waals surface area contributed by atoms with E-state index in [4.69, 9.17) is 16.3 Å². The van der Waals surface area contributed by atoms with Gasteiger partial charge in [-0.3, -0.25) is 4.79 Å². The maximum atomic E-state index is 13.2. The number of carbonyl (C=O) groups is 1. The van der Waals surface area contributed by atoms with Crippen LogP contribution < -0.4 is 14.8 Å². The second-order valence-electron chi connectivity index (χ2n) is 8.65. The van der Waals surface area contributed by atoms with Gasteiger partial charge in [0.1, 0.15) is 6.10 Å². The van der Waals surface area contributed by atoms with E-state index < -0.39 is 22.0 Å². The summed E-state index contributed by atoms with van der Waals surface area (Å²) in [6, 6.07) is 20.4. The third-order valence-corrected chi connectivity index (χ3v) is 7.71. The van der Waals surface area contributed by atoms with Gasteiger partial charge in [-0.25, -0.2) is 18.1 Å². The lowest BCUT2D eigenvalue weighted by Crippen LogP contribution is -2.31. The highest BCUT2D eigenvalue weighted by Crippen LogP contribution is 2.32. The molecule has 0 aliphatic carbocycles. The topological polar surface area (TPSA) is 110 Å². The van der Waals surface area contributed by atoms with Crippen LogP contribution in [0.5, 0.6) is 5.88 Å². The van der Waals surface area contributed by atoms with Gasteiger partial charge in [0.05, 0.1) is 17.1 Å². The zero-order valence-corrected chi connectivity index (χ0v) is 21.6.